The van der Waals surface area contributed by atoms with Gasteiger partial charge in [0.25, 0.3) is 0 Å². The predicted molar refractivity (Wildman–Crippen MR) is 77.1 cm³/mol. The molecule has 2 rings (SSSR count). The third-order valence-corrected chi connectivity index (χ3v) is 6.77. The first-order chi connectivity index (χ1) is 7.08. The van der Waals surface area contributed by atoms with Crippen molar-refractivity contribution in [1.29, 1.82) is 0 Å². The van der Waals surface area contributed by atoms with E-state index in [1.807, 2.05) is 17.5 Å². The molecular weight excluding hydrogens is 403 g/mol. The molecule has 0 saturated carbocycles. The molecule has 6 heteroatoms. The predicted octanol–water partition coefficient (Wildman–Crippen LogP) is 6.36. The van der Waals surface area contributed by atoms with Gasteiger partial charge < -0.3 is 0 Å². The largest absolute Gasteiger partial charge is 0.132 e. The average molecular weight is 407 g/mol. The minimum Gasteiger partial charge on any atom is -0.132 e. The van der Waals surface area contributed by atoms with Crippen molar-refractivity contribution in [3.05, 3.63) is 41.1 Å². The molecule has 0 N–H and O–H groups in total. The average Bonchev–Trinajstić information content (AvgIpc) is 2.74. The summed E-state index contributed by atoms with van der Waals surface area (Å²) in [5, 5.41) is 2.80. The Morgan fingerprint density at radius 3 is 2.47 bits per heavy atom. The fraction of sp³-hybridized carbons (Fsp3) is 0.111. The van der Waals surface area contributed by atoms with E-state index in [0.29, 0.717) is 0 Å². The number of thiophene rings is 2. The van der Waals surface area contributed by atoms with E-state index in [-0.39, 0.29) is 4.83 Å². The van der Waals surface area contributed by atoms with Crippen molar-refractivity contribution in [2.45, 2.75) is 4.83 Å². The van der Waals surface area contributed by atoms with Crippen molar-refractivity contribution in [3.63, 3.8) is 0 Å². The van der Waals surface area contributed by atoms with Gasteiger partial charge in [-0.2, -0.15) is 0 Å². The quantitative estimate of drug-likeness (QED) is 0.509. The van der Waals surface area contributed by atoms with E-state index < -0.39 is 0 Å². The zero-order valence-corrected chi connectivity index (χ0v) is 13.5. The van der Waals surface area contributed by atoms with Crippen LogP contribution in [0.3, 0.4) is 0 Å². The normalized spacial score (nSPS) is 13.1. The standard InChI is InChI=1S/C9H4Br2Cl2S2/c10-8(4-1-7(13)14-3-4)6-2-5(12)9(11)15-6/h1-3,8H. The van der Waals surface area contributed by atoms with Crippen LogP contribution in [0.4, 0.5) is 0 Å². The molecule has 80 valence electrons. The first kappa shape index (κ1) is 12.4. The lowest BCUT2D eigenvalue weighted by molar-refractivity contribution is 1.25. The van der Waals surface area contributed by atoms with Crippen molar-refractivity contribution in [2.75, 3.05) is 0 Å². The van der Waals surface area contributed by atoms with Gasteiger partial charge in [-0.3, -0.25) is 0 Å². The fourth-order valence-corrected chi connectivity index (χ4v) is 4.63. The lowest BCUT2D eigenvalue weighted by Gasteiger charge is -2.03. The van der Waals surface area contributed by atoms with Gasteiger partial charge in [-0.05, 0) is 39.0 Å². The molecule has 1 atom stereocenters. The zero-order valence-electron chi connectivity index (χ0n) is 7.14. The molecule has 0 amide bonds. The molecule has 0 radical (unpaired) electrons. The summed E-state index contributed by atoms with van der Waals surface area (Å²) in [4.78, 5) is 1.33. The number of halogens is 4. The summed E-state index contributed by atoms with van der Waals surface area (Å²) in [7, 11) is 0. The summed E-state index contributed by atoms with van der Waals surface area (Å²) < 4.78 is 1.76. The summed E-state index contributed by atoms with van der Waals surface area (Å²) in [6, 6.07) is 3.93. The topological polar surface area (TPSA) is 0 Å². The summed E-state index contributed by atoms with van der Waals surface area (Å²) in [5.41, 5.74) is 1.16. The molecular formula is C9H4Br2Cl2S2. The second kappa shape index (κ2) is 5.07. The van der Waals surface area contributed by atoms with Crippen LogP contribution in [-0.4, -0.2) is 0 Å². The Kier molecular flexibility index (Phi) is 4.19. The molecule has 2 aromatic rings. The van der Waals surface area contributed by atoms with E-state index >= 15 is 0 Å². The monoisotopic (exact) mass is 404 g/mol. The van der Waals surface area contributed by atoms with Crippen LogP contribution in [0.5, 0.6) is 0 Å². The lowest BCUT2D eigenvalue weighted by Crippen LogP contribution is -1.84. The molecule has 0 aromatic carbocycles. The Bertz CT molecular complexity index is 459. The van der Waals surface area contributed by atoms with E-state index in [0.717, 1.165) is 18.7 Å². The van der Waals surface area contributed by atoms with Crippen LogP contribution < -0.4 is 0 Å². The summed E-state index contributed by atoms with van der Waals surface area (Å²) in [6.45, 7) is 0. The van der Waals surface area contributed by atoms with Gasteiger partial charge in [0.1, 0.15) is 0 Å². The van der Waals surface area contributed by atoms with Crippen LogP contribution >= 0.6 is 77.7 Å². The number of hydrogen-bond donors (Lipinski definition) is 0. The van der Waals surface area contributed by atoms with Gasteiger partial charge in [0.15, 0.2) is 0 Å². The molecule has 0 nitrogen and oxygen atoms in total. The van der Waals surface area contributed by atoms with Gasteiger partial charge in [0.05, 0.1) is 18.0 Å². The highest BCUT2D eigenvalue weighted by Gasteiger charge is 2.16. The Hall–Kier alpha value is 0.940. The van der Waals surface area contributed by atoms with Crippen LogP contribution in [-0.2, 0) is 0 Å². The molecule has 0 spiro atoms. The zero-order chi connectivity index (χ0) is 11.0. The molecule has 0 fully saturated rings. The highest BCUT2D eigenvalue weighted by Crippen LogP contribution is 2.42. The van der Waals surface area contributed by atoms with Crippen LogP contribution in [0.25, 0.3) is 0 Å². The minimum atomic E-state index is 0.162. The Morgan fingerprint density at radius 1 is 1.27 bits per heavy atom. The number of rotatable bonds is 2. The molecule has 2 aromatic heterocycles. The highest BCUT2D eigenvalue weighted by atomic mass is 79.9. The van der Waals surface area contributed by atoms with Gasteiger partial charge in [-0.15, -0.1) is 22.7 Å². The van der Waals surface area contributed by atoms with E-state index in [4.69, 9.17) is 23.2 Å². The van der Waals surface area contributed by atoms with Crippen LogP contribution in [0.15, 0.2) is 21.3 Å². The first-order valence-corrected chi connectivity index (χ1v) is 8.06. The molecule has 0 aliphatic carbocycles. The van der Waals surface area contributed by atoms with Gasteiger partial charge >= 0.3 is 0 Å². The molecule has 2 heterocycles. The van der Waals surface area contributed by atoms with Gasteiger partial charge in [-0.25, -0.2) is 0 Å². The molecule has 0 bridgehead atoms. The summed E-state index contributed by atoms with van der Waals surface area (Å²) >= 11 is 22.1. The maximum atomic E-state index is 5.99. The third kappa shape index (κ3) is 2.79. The smallest absolute Gasteiger partial charge is 0.0931 e. The maximum Gasteiger partial charge on any atom is 0.0931 e. The first-order valence-electron chi connectivity index (χ1n) is 3.90. The summed E-state index contributed by atoms with van der Waals surface area (Å²) in [6.07, 6.45) is 0. The van der Waals surface area contributed by atoms with Gasteiger partial charge in [0.2, 0.25) is 0 Å². The van der Waals surface area contributed by atoms with Crippen molar-refractivity contribution < 1.29 is 0 Å². The lowest BCUT2D eigenvalue weighted by atomic mass is 10.2. The molecule has 0 aliphatic heterocycles. The fourth-order valence-electron chi connectivity index (χ4n) is 1.11. The van der Waals surface area contributed by atoms with Crippen molar-refractivity contribution in [3.8, 4) is 0 Å². The van der Waals surface area contributed by atoms with E-state index in [1.165, 1.54) is 16.2 Å². The molecule has 0 aliphatic rings. The van der Waals surface area contributed by atoms with Crippen molar-refractivity contribution >= 4 is 77.7 Å². The van der Waals surface area contributed by atoms with Crippen LogP contribution in [0, 0.1) is 0 Å². The Labute approximate surface area is 122 Å². The van der Waals surface area contributed by atoms with Gasteiger partial charge in [-0.1, -0.05) is 39.1 Å². The van der Waals surface area contributed by atoms with E-state index in [9.17, 15) is 0 Å². The van der Waals surface area contributed by atoms with Crippen molar-refractivity contribution in [1.82, 2.24) is 0 Å². The maximum absolute atomic E-state index is 5.99. The van der Waals surface area contributed by atoms with E-state index in [2.05, 4.69) is 31.9 Å². The Balaban J connectivity index is 2.31. The highest BCUT2D eigenvalue weighted by molar-refractivity contribution is 9.11. The molecule has 1 unspecified atom stereocenters. The summed E-state index contributed by atoms with van der Waals surface area (Å²) in [5.74, 6) is 0. The number of alkyl halides is 1. The van der Waals surface area contributed by atoms with Crippen LogP contribution in [0.1, 0.15) is 15.3 Å². The van der Waals surface area contributed by atoms with Crippen LogP contribution in [0.2, 0.25) is 9.36 Å². The second-order valence-corrected chi connectivity index (χ2v) is 8.08. The minimum absolute atomic E-state index is 0.162. The SMILES string of the molecule is Clc1cc(C(Br)c2cc(Cl)c(Br)s2)cs1. The number of hydrogen-bond acceptors (Lipinski definition) is 2. The molecule has 15 heavy (non-hydrogen) atoms. The van der Waals surface area contributed by atoms with Gasteiger partial charge in [0, 0.05) is 4.88 Å². The molecule has 0 saturated heterocycles. The Morgan fingerprint density at radius 2 is 2.00 bits per heavy atom. The van der Waals surface area contributed by atoms with Crippen molar-refractivity contribution in [2.24, 2.45) is 0 Å². The second-order valence-electron chi connectivity index (χ2n) is 2.82. The third-order valence-electron chi connectivity index (χ3n) is 1.79. The van der Waals surface area contributed by atoms with E-state index in [1.54, 1.807) is 11.3 Å².